The number of hydrogen-bond donors (Lipinski definition) is 1. The zero-order valence-electron chi connectivity index (χ0n) is 15.6. The SMILES string of the molecule is Cc1ccc(-c2cn3c(C(=O)Nc4ccc(C(C)C)cc4)csc3n2)cc1. The van der Waals surface area contributed by atoms with Crippen LogP contribution in [0.3, 0.4) is 0 Å². The highest BCUT2D eigenvalue weighted by atomic mass is 32.1. The summed E-state index contributed by atoms with van der Waals surface area (Å²) in [6.07, 6.45) is 1.92. The third-order valence-corrected chi connectivity index (χ3v) is 5.46. The average molecular weight is 375 g/mol. The molecule has 4 aromatic rings. The van der Waals surface area contributed by atoms with Crippen molar-refractivity contribution in [1.29, 1.82) is 0 Å². The highest BCUT2D eigenvalue weighted by molar-refractivity contribution is 7.15. The van der Waals surface area contributed by atoms with Gasteiger partial charge in [0.2, 0.25) is 0 Å². The Balaban J connectivity index is 1.59. The molecule has 0 atom stereocenters. The number of hydrogen-bond acceptors (Lipinski definition) is 3. The van der Waals surface area contributed by atoms with Gasteiger partial charge in [-0.1, -0.05) is 55.8 Å². The molecule has 1 N–H and O–H groups in total. The molecule has 0 saturated heterocycles. The molecule has 4 rings (SSSR count). The van der Waals surface area contributed by atoms with E-state index in [1.807, 2.05) is 28.1 Å². The minimum atomic E-state index is -0.133. The molecule has 2 heterocycles. The lowest BCUT2D eigenvalue weighted by Gasteiger charge is -2.08. The van der Waals surface area contributed by atoms with Crippen LogP contribution in [0.25, 0.3) is 16.2 Å². The van der Waals surface area contributed by atoms with Gasteiger partial charge in [0.05, 0.1) is 5.69 Å². The van der Waals surface area contributed by atoms with Crippen molar-refractivity contribution in [2.45, 2.75) is 26.7 Å². The number of benzene rings is 2. The number of aromatic nitrogens is 2. The zero-order chi connectivity index (χ0) is 19.0. The van der Waals surface area contributed by atoms with Crippen LogP contribution in [0.15, 0.2) is 60.1 Å². The van der Waals surface area contributed by atoms with Crippen molar-refractivity contribution in [3.63, 3.8) is 0 Å². The maximum atomic E-state index is 12.7. The van der Waals surface area contributed by atoms with Gasteiger partial charge in [0.25, 0.3) is 5.91 Å². The molecular weight excluding hydrogens is 354 g/mol. The van der Waals surface area contributed by atoms with Crippen molar-refractivity contribution in [2.24, 2.45) is 0 Å². The number of imidazole rings is 1. The highest BCUT2D eigenvalue weighted by Crippen LogP contribution is 2.25. The van der Waals surface area contributed by atoms with Gasteiger partial charge < -0.3 is 5.32 Å². The fourth-order valence-electron chi connectivity index (χ4n) is 2.96. The summed E-state index contributed by atoms with van der Waals surface area (Å²) in [5.41, 5.74) is 5.77. The first-order chi connectivity index (χ1) is 13.0. The lowest BCUT2D eigenvalue weighted by Crippen LogP contribution is -2.13. The second kappa shape index (κ2) is 7.00. The van der Waals surface area contributed by atoms with Crippen molar-refractivity contribution in [3.05, 3.63) is 76.9 Å². The molecule has 0 aliphatic rings. The van der Waals surface area contributed by atoms with Crippen LogP contribution in [0.1, 0.15) is 41.4 Å². The number of thiazole rings is 1. The Morgan fingerprint density at radius 2 is 1.78 bits per heavy atom. The molecule has 0 aliphatic carbocycles. The van der Waals surface area contributed by atoms with E-state index in [9.17, 15) is 4.79 Å². The second-order valence-corrected chi connectivity index (χ2v) is 7.83. The van der Waals surface area contributed by atoms with Crippen molar-refractivity contribution in [1.82, 2.24) is 9.38 Å². The van der Waals surface area contributed by atoms with Crippen LogP contribution in [-0.2, 0) is 0 Å². The number of rotatable bonds is 4. The van der Waals surface area contributed by atoms with Crippen molar-refractivity contribution < 1.29 is 4.79 Å². The number of fused-ring (bicyclic) bond motifs is 1. The molecule has 2 aromatic carbocycles. The lowest BCUT2D eigenvalue weighted by molar-refractivity contribution is 0.102. The van der Waals surface area contributed by atoms with E-state index in [0.717, 1.165) is 21.9 Å². The fraction of sp³-hybridized carbons (Fsp3) is 0.182. The maximum Gasteiger partial charge on any atom is 0.273 e. The summed E-state index contributed by atoms with van der Waals surface area (Å²) in [5, 5.41) is 4.82. The third kappa shape index (κ3) is 3.51. The summed E-state index contributed by atoms with van der Waals surface area (Å²) < 4.78 is 1.86. The van der Waals surface area contributed by atoms with E-state index in [1.54, 1.807) is 0 Å². The molecule has 0 bridgehead atoms. The van der Waals surface area contributed by atoms with Crippen LogP contribution < -0.4 is 5.32 Å². The molecule has 0 fully saturated rings. The largest absolute Gasteiger partial charge is 0.321 e. The average Bonchev–Trinajstić information content (AvgIpc) is 3.23. The molecule has 0 saturated carbocycles. The number of anilines is 1. The molecule has 27 heavy (non-hydrogen) atoms. The monoisotopic (exact) mass is 375 g/mol. The number of aryl methyl sites for hydroxylation is 1. The number of nitrogens with one attached hydrogen (secondary N) is 1. The maximum absolute atomic E-state index is 12.7. The molecule has 0 unspecified atom stereocenters. The minimum Gasteiger partial charge on any atom is -0.321 e. The molecule has 0 aliphatic heterocycles. The molecule has 0 radical (unpaired) electrons. The molecule has 136 valence electrons. The van der Waals surface area contributed by atoms with Gasteiger partial charge in [-0.3, -0.25) is 9.20 Å². The Bertz CT molecular complexity index is 1090. The van der Waals surface area contributed by atoms with E-state index in [4.69, 9.17) is 0 Å². The standard InChI is InChI=1S/C22H21N3OS/c1-14(2)16-8-10-18(11-9-16)23-21(26)20-13-27-22-24-19(12-25(20)22)17-6-4-15(3)5-7-17/h4-14H,1-3H3,(H,23,26). The van der Waals surface area contributed by atoms with Gasteiger partial charge >= 0.3 is 0 Å². The van der Waals surface area contributed by atoms with E-state index in [1.165, 1.54) is 22.5 Å². The molecule has 5 heteroatoms. The Morgan fingerprint density at radius 1 is 1.07 bits per heavy atom. The summed E-state index contributed by atoms with van der Waals surface area (Å²) in [6.45, 7) is 6.37. The van der Waals surface area contributed by atoms with E-state index >= 15 is 0 Å². The molecule has 2 aromatic heterocycles. The topological polar surface area (TPSA) is 46.4 Å². The number of carbonyl (C=O) groups excluding carboxylic acids is 1. The van der Waals surface area contributed by atoms with E-state index in [-0.39, 0.29) is 5.91 Å². The predicted molar refractivity (Wildman–Crippen MR) is 112 cm³/mol. The molecule has 0 spiro atoms. The van der Waals surface area contributed by atoms with Crippen LogP contribution in [0.2, 0.25) is 0 Å². The van der Waals surface area contributed by atoms with Gasteiger partial charge in [-0.05, 0) is 30.5 Å². The zero-order valence-corrected chi connectivity index (χ0v) is 16.4. The third-order valence-electron chi connectivity index (χ3n) is 4.62. The van der Waals surface area contributed by atoms with Gasteiger partial charge in [0, 0.05) is 22.8 Å². The quantitative estimate of drug-likeness (QED) is 0.494. The van der Waals surface area contributed by atoms with Crippen molar-refractivity contribution >= 4 is 27.9 Å². The van der Waals surface area contributed by atoms with Gasteiger partial charge in [-0.25, -0.2) is 4.98 Å². The summed E-state index contributed by atoms with van der Waals surface area (Å²) in [4.78, 5) is 18.2. The Hall–Kier alpha value is -2.92. The summed E-state index contributed by atoms with van der Waals surface area (Å²) in [6, 6.07) is 16.2. The lowest BCUT2D eigenvalue weighted by atomic mass is 10.0. The second-order valence-electron chi connectivity index (χ2n) is 7.00. The molecular formula is C22H21N3OS. The predicted octanol–water partition coefficient (Wildman–Crippen LogP) is 5.75. The fourth-order valence-corrected chi connectivity index (χ4v) is 3.81. The Labute approximate surface area is 162 Å². The minimum absolute atomic E-state index is 0.133. The summed E-state index contributed by atoms with van der Waals surface area (Å²) >= 11 is 1.47. The van der Waals surface area contributed by atoms with E-state index in [2.05, 4.69) is 67.5 Å². The van der Waals surface area contributed by atoms with Crippen molar-refractivity contribution in [3.8, 4) is 11.3 Å². The van der Waals surface area contributed by atoms with Gasteiger partial charge in [0.15, 0.2) is 4.96 Å². The van der Waals surface area contributed by atoms with Crippen LogP contribution in [-0.4, -0.2) is 15.3 Å². The molecule has 4 nitrogen and oxygen atoms in total. The summed E-state index contributed by atoms with van der Waals surface area (Å²) in [7, 11) is 0. The van der Waals surface area contributed by atoms with Gasteiger partial charge in [-0.2, -0.15) is 0 Å². The van der Waals surface area contributed by atoms with E-state index in [0.29, 0.717) is 11.6 Å². The number of amides is 1. The first-order valence-electron chi connectivity index (χ1n) is 8.96. The molecule has 1 amide bonds. The van der Waals surface area contributed by atoms with Gasteiger partial charge in [-0.15, -0.1) is 11.3 Å². The van der Waals surface area contributed by atoms with E-state index < -0.39 is 0 Å². The van der Waals surface area contributed by atoms with Gasteiger partial charge in [0.1, 0.15) is 5.69 Å². The van der Waals surface area contributed by atoms with Crippen molar-refractivity contribution in [2.75, 3.05) is 5.32 Å². The Kier molecular flexibility index (Phi) is 4.54. The van der Waals surface area contributed by atoms with Crippen LogP contribution in [0.5, 0.6) is 0 Å². The normalized spacial score (nSPS) is 11.3. The number of nitrogens with zero attached hydrogens (tertiary/aromatic N) is 2. The Morgan fingerprint density at radius 3 is 2.44 bits per heavy atom. The first-order valence-corrected chi connectivity index (χ1v) is 9.84. The first kappa shape index (κ1) is 17.5. The smallest absolute Gasteiger partial charge is 0.273 e. The highest BCUT2D eigenvalue weighted by Gasteiger charge is 2.15. The number of carbonyl (C=O) groups is 1. The summed E-state index contributed by atoms with van der Waals surface area (Å²) in [5.74, 6) is 0.337. The van der Waals surface area contributed by atoms with Crippen LogP contribution in [0, 0.1) is 6.92 Å². The van der Waals surface area contributed by atoms with Crippen LogP contribution in [0.4, 0.5) is 5.69 Å². The van der Waals surface area contributed by atoms with Crippen LogP contribution >= 0.6 is 11.3 Å².